The van der Waals surface area contributed by atoms with Crippen molar-refractivity contribution in [2.45, 2.75) is 6.92 Å². The molecule has 2 aromatic rings. The average Bonchev–Trinajstić information content (AvgIpc) is 2.49. The molecule has 0 radical (unpaired) electrons. The van der Waals surface area contributed by atoms with E-state index in [-0.39, 0.29) is 6.03 Å². The zero-order chi connectivity index (χ0) is 15.9. The van der Waals surface area contributed by atoms with Gasteiger partial charge in [-0.2, -0.15) is 0 Å². The number of carbonyl (C=O) groups is 1. The van der Waals surface area contributed by atoms with Gasteiger partial charge in [-0.25, -0.2) is 4.79 Å². The molecule has 0 aromatic heterocycles. The molecule has 6 heteroatoms. The van der Waals surface area contributed by atoms with Crippen molar-refractivity contribution in [3.05, 3.63) is 58.1 Å². The van der Waals surface area contributed by atoms with Crippen molar-refractivity contribution in [1.29, 1.82) is 0 Å². The highest BCUT2D eigenvalue weighted by atomic mass is 35.5. The Morgan fingerprint density at radius 3 is 2.50 bits per heavy atom. The number of halogens is 2. The maximum atomic E-state index is 11.7. The van der Waals surface area contributed by atoms with E-state index in [0.29, 0.717) is 28.9 Å². The molecule has 0 aliphatic carbocycles. The van der Waals surface area contributed by atoms with Crippen molar-refractivity contribution >= 4 is 34.9 Å². The number of benzene rings is 2. The van der Waals surface area contributed by atoms with Gasteiger partial charge < -0.3 is 15.4 Å². The Kier molecular flexibility index (Phi) is 5.92. The van der Waals surface area contributed by atoms with Crippen molar-refractivity contribution in [1.82, 2.24) is 5.32 Å². The van der Waals surface area contributed by atoms with E-state index in [2.05, 4.69) is 10.6 Å². The summed E-state index contributed by atoms with van der Waals surface area (Å²) >= 11 is 11.7. The van der Waals surface area contributed by atoms with E-state index in [4.69, 9.17) is 27.9 Å². The van der Waals surface area contributed by atoms with E-state index in [0.717, 1.165) is 5.75 Å². The number of nitrogens with one attached hydrogen (secondary N) is 2. The molecule has 0 heterocycles. The van der Waals surface area contributed by atoms with Gasteiger partial charge in [0.1, 0.15) is 12.4 Å². The lowest BCUT2D eigenvalue weighted by atomic mass is 10.2. The third-order valence-electron chi connectivity index (χ3n) is 2.85. The molecule has 0 aliphatic heterocycles. The highest BCUT2D eigenvalue weighted by Gasteiger charge is 2.04. The van der Waals surface area contributed by atoms with E-state index >= 15 is 0 Å². The van der Waals surface area contributed by atoms with Gasteiger partial charge in [0.05, 0.1) is 16.6 Å². The Labute approximate surface area is 139 Å². The summed E-state index contributed by atoms with van der Waals surface area (Å²) in [5.74, 6) is 0.775. The normalized spacial score (nSPS) is 10.1. The first-order chi connectivity index (χ1) is 10.5. The fraction of sp³-hybridized carbons (Fsp3) is 0.188. The highest BCUT2D eigenvalue weighted by Crippen LogP contribution is 2.24. The van der Waals surface area contributed by atoms with Gasteiger partial charge in [0.15, 0.2) is 0 Å². The molecule has 116 valence electrons. The molecule has 2 N–H and O–H groups in total. The van der Waals surface area contributed by atoms with Crippen LogP contribution in [0.1, 0.15) is 5.56 Å². The number of urea groups is 1. The lowest BCUT2D eigenvalue weighted by Gasteiger charge is -2.09. The lowest BCUT2D eigenvalue weighted by molar-refractivity contribution is 0.247. The molecular formula is C16H16Cl2N2O2. The van der Waals surface area contributed by atoms with Crippen LogP contribution in [0.5, 0.6) is 5.75 Å². The van der Waals surface area contributed by atoms with Crippen molar-refractivity contribution in [2.75, 3.05) is 18.5 Å². The van der Waals surface area contributed by atoms with Crippen LogP contribution in [-0.4, -0.2) is 19.2 Å². The van der Waals surface area contributed by atoms with Gasteiger partial charge >= 0.3 is 6.03 Å². The van der Waals surface area contributed by atoms with Gasteiger partial charge in [-0.1, -0.05) is 40.9 Å². The Hall–Kier alpha value is -1.91. The summed E-state index contributed by atoms with van der Waals surface area (Å²) in [6.45, 7) is 2.79. The average molecular weight is 339 g/mol. The summed E-state index contributed by atoms with van der Waals surface area (Å²) in [5.41, 5.74) is 1.75. The van der Waals surface area contributed by atoms with E-state index in [9.17, 15) is 4.79 Å². The minimum absolute atomic E-state index is 0.328. The Balaban J connectivity index is 1.71. The number of amides is 2. The SMILES string of the molecule is Cc1ccc(OCCNC(=O)Nc2ccc(Cl)c(Cl)c2)cc1. The zero-order valence-corrected chi connectivity index (χ0v) is 13.5. The smallest absolute Gasteiger partial charge is 0.319 e. The van der Waals surface area contributed by atoms with Crippen molar-refractivity contribution in [2.24, 2.45) is 0 Å². The summed E-state index contributed by atoms with van der Waals surface area (Å²) in [4.78, 5) is 11.7. The molecule has 22 heavy (non-hydrogen) atoms. The zero-order valence-electron chi connectivity index (χ0n) is 12.0. The summed E-state index contributed by atoms with van der Waals surface area (Å²) < 4.78 is 5.52. The molecule has 4 nitrogen and oxygen atoms in total. The molecule has 0 bridgehead atoms. The summed E-state index contributed by atoms with van der Waals surface area (Å²) in [6.07, 6.45) is 0. The number of anilines is 1. The first-order valence-electron chi connectivity index (χ1n) is 6.74. The summed E-state index contributed by atoms with van der Waals surface area (Å²) in [6, 6.07) is 12.3. The fourth-order valence-electron chi connectivity index (χ4n) is 1.72. The van der Waals surface area contributed by atoms with Crippen LogP contribution in [0.15, 0.2) is 42.5 Å². The van der Waals surface area contributed by atoms with Gasteiger partial charge in [-0.15, -0.1) is 0 Å². The third-order valence-corrected chi connectivity index (χ3v) is 3.59. The fourth-order valence-corrected chi connectivity index (χ4v) is 2.02. The molecule has 2 rings (SSSR count). The van der Waals surface area contributed by atoms with E-state index in [1.165, 1.54) is 5.56 Å². The second kappa shape index (κ2) is 7.92. The largest absolute Gasteiger partial charge is 0.492 e. The third kappa shape index (κ3) is 5.13. The number of aryl methyl sites for hydroxylation is 1. The van der Waals surface area contributed by atoms with Crippen LogP contribution in [0.2, 0.25) is 10.0 Å². The number of rotatable bonds is 5. The van der Waals surface area contributed by atoms with Crippen LogP contribution in [0.4, 0.5) is 10.5 Å². The maximum Gasteiger partial charge on any atom is 0.319 e. The van der Waals surface area contributed by atoms with Crippen LogP contribution in [-0.2, 0) is 0 Å². The monoisotopic (exact) mass is 338 g/mol. The number of carbonyl (C=O) groups excluding carboxylic acids is 1. The summed E-state index contributed by atoms with van der Waals surface area (Å²) in [5, 5.41) is 6.20. The molecule has 2 aromatic carbocycles. The van der Waals surface area contributed by atoms with E-state index in [1.54, 1.807) is 18.2 Å². The minimum atomic E-state index is -0.328. The van der Waals surface area contributed by atoms with E-state index in [1.807, 2.05) is 31.2 Å². The molecule has 0 unspecified atom stereocenters. The Morgan fingerprint density at radius 2 is 1.82 bits per heavy atom. The molecule has 2 amide bonds. The highest BCUT2D eigenvalue weighted by molar-refractivity contribution is 6.42. The van der Waals surface area contributed by atoms with Gasteiger partial charge in [0.2, 0.25) is 0 Å². The first-order valence-corrected chi connectivity index (χ1v) is 7.49. The Bertz CT molecular complexity index is 645. The van der Waals surface area contributed by atoms with Gasteiger partial charge in [-0.05, 0) is 37.3 Å². The number of hydrogen-bond acceptors (Lipinski definition) is 2. The van der Waals surface area contributed by atoms with E-state index < -0.39 is 0 Å². The molecule has 0 fully saturated rings. The standard InChI is InChI=1S/C16H16Cl2N2O2/c1-11-2-5-13(6-3-11)22-9-8-19-16(21)20-12-4-7-14(17)15(18)10-12/h2-7,10H,8-9H2,1H3,(H2,19,20,21). The molecule has 0 spiro atoms. The number of hydrogen-bond donors (Lipinski definition) is 2. The van der Waals surface area contributed by atoms with Gasteiger partial charge in [-0.3, -0.25) is 0 Å². The van der Waals surface area contributed by atoms with Crippen LogP contribution in [0, 0.1) is 6.92 Å². The number of ether oxygens (including phenoxy) is 1. The van der Waals surface area contributed by atoms with Crippen molar-refractivity contribution < 1.29 is 9.53 Å². The summed E-state index contributed by atoms with van der Waals surface area (Å²) in [7, 11) is 0. The topological polar surface area (TPSA) is 50.4 Å². The second-order valence-corrected chi connectivity index (χ2v) is 5.49. The second-order valence-electron chi connectivity index (χ2n) is 4.67. The van der Waals surface area contributed by atoms with Crippen LogP contribution in [0.25, 0.3) is 0 Å². The minimum Gasteiger partial charge on any atom is -0.492 e. The van der Waals surface area contributed by atoms with Crippen LogP contribution in [0.3, 0.4) is 0 Å². The Morgan fingerprint density at radius 1 is 1.09 bits per heavy atom. The molecule has 0 atom stereocenters. The van der Waals surface area contributed by atoms with Crippen molar-refractivity contribution in [3.63, 3.8) is 0 Å². The van der Waals surface area contributed by atoms with Crippen LogP contribution < -0.4 is 15.4 Å². The predicted molar refractivity (Wildman–Crippen MR) is 90.2 cm³/mol. The maximum absolute atomic E-state index is 11.7. The molecule has 0 aliphatic rings. The van der Waals surface area contributed by atoms with Gasteiger partial charge in [0.25, 0.3) is 0 Å². The quantitative estimate of drug-likeness (QED) is 0.788. The van der Waals surface area contributed by atoms with Crippen LogP contribution >= 0.6 is 23.2 Å². The molecule has 0 saturated heterocycles. The molecule has 0 saturated carbocycles. The van der Waals surface area contributed by atoms with Gasteiger partial charge in [0, 0.05) is 5.69 Å². The first kappa shape index (κ1) is 16.5. The lowest BCUT2D eigenvalue weighted by Crippen LogP contribution is -2.32. The van der Waals surface area contributed by atoms with Crippen molar-refractivity contribution in [3.8, 4) is 5.75 Å². The predicted octanol–water partition coefficient (Wildman–Crippen LogP) is 4.50. The molecular weight excluding hydrogens is 323 g/mol.